The van der Waals surface area contributed by atoms with Gasteiger partial charge in [-0.15, -0.1) is 0 Å². The first-order valence-corrected chi connectivity index (χ1v) is 12.1. The van der Waals surface area contributed by atoms with Crippen LogP contribution in [0.15, 0.2) is 51.4 Å². The van der Waals surface area contributed by atoms with Gasteiger partial charge in [-0.25, -0.2) is 0 Å². The summed E-state index contributed by atoms with van der Waals surface area (Å²) in [5, 5.41) is 3.14. The highest BCUT2D eigenvalue weighted by Gasteiger charge is 2.31. The van der Waals surface area contributed by atoms with Gasteiger partial charge in [0.15, 0.2) is 0 Å². The van der Waals surface area contributed by atoms with Gasteiger partial charge < -0.3 is 19.7 Å². The highest BCUT2D eigenvalue weighted by atomic mass is 79.9. The van der Waals surface area contributed by atoms with Crippen LogP contribution in [0.4, 0.5) is 0 Å². The standard InChI is InChI=1S/C24H28Br2N2O4/c1-24(2,3)32-23(30)20-14-28(10-9-27-20)21(29)13-17-11-18(25)22(19(26)12-17)31-15-16-7-5-4-6-8-16/h4-8,11-12,20,27H,9-10,13-15H2,1-3H3. The molecule has 32 heavy (non-hydrogen) atoms. The number of rotatable bonds is 6. The highest BCUT2D eigenvalue weighted by Crippen LogP contribution is 2.35. The summed E-state index contributed by atoms with van der Waals surface area (Å²) in [4.78, 5) is 27.0. The van der Waals surface area contributed by atoms with E-state index in [1.807, 2.05) is 63.2 Å². The molecule has 8 heteroatoms. The van der Waals surface area contributed by atoms with Gasteiger partial charge in [0.05, 0.1) is 15.4 Å². The molecule has 172 valence electrons. The summed E-state index contributed by atoms with van der Waals surface area (Å²) < 4.78 is 13.0. The lowest BCUT2D eigenvalue weighted by atomic mass is 10.1. The molecule has 3 rings (SSSR count). The Labute approximate surface area is 205 Å². The summed E-state index contributed by atoms with van der Waals surface area (Å²) in [7, 11) is 0. The molecular formula is C24H28Br2N2O4. The number of ether oxygens (including phenoxy) is 2. The van der Waals surface area contributed by atoms with Crippen molar-refractivity contribution in [2.24, 2.45) is 0 Å². The molecule has 6 nitrogen and oxygen atoms in total. The Kier molecular flexibility index (Phi) is 8.36. The quantitative estimate of drug-likeness (QED) is 0.521. The molecule has 0 radical (unpaired) electrons. The van der Waals surface area contributed by atoms with E-state index in [0.717, 1.165) is 20.1 Å². The van der Waals surface area contributed by atoms with E-state index in [9.17, 15) is 9.59 Å². The summed E-state index contributed by atoms with van der Waals surface area (Å²) in [6.07, 6.45) is 0.233. The van der Waals surface area contributed by atoms with Gasteiger partial charge in [0.2, 0.25) is 5.91 Å². The second-order valence-corrected chi connectivity index (χ2v) is 10.4. The van der Waals surface area contributed by atoms with E-state index in [4.69, 9.17) is 9.47 Å². The zero-order valence-corrected chi connectivity index (χ0v) is 21.7. The molecule has 1 saturated heterocycles. The van der Waals surface area contributed by atoms with Gasteiger partial charge in [-0.05, 0) is 75.9 Å². The largest absolute Gasteiger partial charge is 0.487 e. The summed E-state index contributed by atoms with van der Waals surface area (Å²) in [6.45, 7) is 7.35. The van der Waals surface area contributed by atoms with Gasteiger partial charge in [0, 0.05) is 19.6 Å². The zero-order valence-electron chi connectivity index (χ0n) is 18.5. The number of piperazine rings is 1. The van der Waals surface area contributed by atoms with Crippen LogP contribution >= 0.6 is 31.9 Å². The summed E-state index contributed by atoms with van der Waals surface area (Å²) >= 11 is 7.13. The van der Waals surface area contributed by atoms with Crippen molar-refractivity contribution in [3.05, 3.63) is 62.5 Å². The molecule has 0 spiro atoms. The van der Waals surface area contributed by atoms with E-state index < -0.39 is 11.6 Å². The molecule has 1 unspecified atom stereocenters. The van der Waals surface area contributed by atoms with Crippen LogP contribution in [0, 0.1) is 0 Å². The van der Waals surface area contributed by atoms with E-state index >= 15 is 0 Å². The average Bonchev–Trinajstić information content (AvgIpc) is 2.73. The molecule has 1 heterocycles. The first-order valence-electron chi connectivity index (χ1n) is 10.5. The second-order valence-electron chi connectivity index (χ2n) is 8.72. The van der Waals surface area contributed by atoms with Crippen LogP contribution in [-0.2, 0) is 27.4 Å². The Hall–Kier alpha value is -1.90. The minimum absolute atomic E-state index is 0.0307. The molecule has 1 amide bonds. The SMILES string of the molecule is CC(C)(C)OC(=O)C1CN(C(=O)Cc2cc(Br)c(OCc3ccccc3)c(Br)c2)CCN1. The first-order chi connectivity index (χ1) is 15.1. The van der Waals surface area contributed by atoms with Gasteiger partial charge in [-0.1, -0.05) is 30.3 Å². The second kappa shape index (κ2) is 10.8. The zero-order chi connectivity index (χ0) is 23.3. The maximum atomic E-state index is 12.9. The lowest BCUT2D eigenvalue weighted by Crippen LogP contribution is -2.57. The van der Waals surface area contributed by atoms with Crippen LogP contribution in [0.3, 0.4) is 0 Å². The molecule has 0 saturated carbocycles. The molecule has 1 N–H and O–H groups in total. The van der Waals surface area contributed by atoms with Crippen molar-refractivity contribution in [3.8, 4) is 5.75 Å². The lowest BCUT2D eigenvalue weighted by molar-refractivity contribution is -0.159. The molecular weight excluding hydrogens is 540 g/mol. The number of carbonyl (C=O) groups is 2. The van der Waals surface area contributed by atoms with Crippen LogP contribution in [0.5, 0.6) is 5.75 Å². The fraction of sp³-hybridized carbons (Fsp3) is 0.417. The first kappa shape index (κ1) is 24.7. The van der Waals surface area contributed by atoms with Crippen LogP contribution in [0.1, 0.15) is 31.9 Å². The molecule has 0 aromatic heterocycles. The van der Waals surface area contributed by atoms with Crippen molar-refractivity contribution in [3.63, 3.8) is 0 Å². The Bertz CT molecular complexity index is 937. The number of amides is 1. The molecule has 2 aromatic rings. The van der Waals surface area contributed by atoms with Gasteiger partial charge >= 0.3 is 5.97 Å². The van der Waals surface area contributed by atoms with Crippen molar-refractivity contribution >= 4 is 43.7 Å². The highest BCUT2D eigenvalue weighted by molar-refractivity contribution is 9.11. The van der Waals surface area contributed by atoms with E-state index in [0.29, 0.717) is 32.0 Å². The minimum Gasteiger partial charge on any atom is -0.487 e. The number of hydrogen-bond acceptors (Lipinski definition) is 5. The molecule has 2 aromatic carbocycles. The van der Waals surface area contributed by atoms with Gasteiger partial charge in [0.1, 0.15) is 24.0 Å². The van der Waals surface area contributed by atoms with E-state index in [-0.39, 0.29) is 18.3 Å². The fourth-order valence-corrected chi connectivity index (χ4v) is 4.89. The number of nitrogens with one attached hydrogen (secondary N) is 1. The Morgan fingerprint density at radius 1 is 1.09 bits per heavy atom. The molecule has 0 aliphatic carbocycles. The maximum absolute atomic E-state index is 12.9. The number of esters is 1. The molecule has 0 bridgehead atoms. The molecule has 1 fully saturated rings. The molecule has 1 aliphatic rings. The monoisotopic (exact) mass is 566 g/mol. The van der Waals surface area contributed by atoms with Crippen molar-refractivity contribution in [2.75, 3.05) is 19.6 Å². The predicted molar refractivity (Wildman–Crippen MR) is 131 cm³/mol. The number of carbonyl (C=O) groups excluding carboxylic acids is 2. The van der Waals surface area contributed by atoms with Crippen molar-refractivity contribution in [1.82, 2.24) is 10.2 Å². The van der Waals surface area contributed by atoms with Crippen molar-refractivity contribution < 1.29 is 19.1 Å². The molecule has 1 atom stereocenters. The number of hydrogen-bond donors (Lipinski definition) is 1. The van der Waals surface area contributed by atoms with Crippen molar-refractivity contribution in [1.29, 1.82) is 0 Å². The Morgan fingerprint density at radius 2 is 1.75 bits per heavy atom. The van der Waals surface area contributed by atoms with Crippen LogP contribution in [0.2, 0.25) is 0 Å². The van der Waals surface area contributed by atoms with Gasteiger partial charge in [-0.3, -0.25) is 9.59 Å². The van der Waals surface area contributed by atoms with Crippen LogP contribution < -0.4 is 10.1 Å². The third kappa shape index (κ3) is 7.05. The van der Waals surface area contributed by atoms with E-state index in [1.54, 1.807) is 4.90 Å². The summed E-state index contributed by atoms with van der Waals surface area (Å²) in [5.74, 6) is 0.328. The predicted octanol–water partition coefficient (Wildman–Crippen LogP) is 4.48. The normalized spacial score (nSPS) is 16.5. The van der Waals surface area contributed by atoms with Gasteiger partial charge in [-0.2, -0.15) is 0 Å². The Balaban J connectivity index is 1.61. The maximum Gasteiger partial charge on any atom is 0.325 e. The lowest BCUT2D eigenvalue weighted by Gasteiger charge is -2.34. The van der Waals surface area contributed by atoms with Crippen LogP contribution in [0.25, 0.3) is 0 Å². The third-order valence-corrected chi connectivity index (χ3v) is 6.04. The topological polar surface area (TPSA) is 67.9 Å². The summed E-state index contributed by atoms with van der Waals surface area (Å²) in [6, 6.07) is 13.2. The average molecular weight is 568 g/mol. The van der Waals surface area contributed by atoms with E-state index in [2.05, 4.69) is 37.2 Å². The number of nitrogens with zero attached hydrogens (tertiary/aromatic N) is 1. The van der Waals surface area contributed by atoms with Crippen molar-refractivity contribution in [2.45, 2.75) is 45.4 Å². The number of benzene rings is 2. The minimum atomic E-state index is -0.562. The number of halogens is 2. The molecule has 1 aliphatic heterocycles. The summed E-state index contributed by atoms with van der Waals surface area (Å²) in [5.41, 5.74) is 1.37. The smallest absolute Gasteiger partial charge is 0.325 e. The Morgan fingerprint density at radius 3 is 2.38 bits per heavy atom. The fourth-order valence-electron chi connectivity index (χ4n) is 3.38. The third-order valence-electron chi connectivity index (χ3n) is 4.86. The van der Waals surface area contributed by atoms with Gasteiger partial charge in [0.25, 0.3) is 0 Å². The van der Waals surface area contributed by atoms with Crippen LogP contribution in [-0.4, -0.2) is 48.1 Å². The van der Waals surface area contributed by atoms with E-state index in [1.165, 1.54) is 0 Å².